The van der Waals surface area contributed by atoms with Crippen LogP contribution in [0, 0.1) is 0 Å². The van der Waals surface area contributed by atoms with Crippen molar-refractivity contribution in [3.8, 4) is 0 Å². The summed E-state index contributed by atoms with van der Waals surface area (Å²) < 4.78 is 9.29. The van der Waals surface area contributed by atoms with E-state index in [4.69, 9.17) is 4.74 Å². The molecule has 126 valence electrons. The molecule has 23 heavy (non-hydrogen) atoms. The molecular formula is C16H22N2O5. The number of nitrogens with one attached hydrogen (secondary N) is 2. The van der Waals surface area contributed by atoms with Gasteiger partial charge in [0.25, 0.3) is 0 Å². The molecule has 1 rings (SSSR count). The van der Waals surface area contributed by atoms with Crippen LogP contribution in [0.3, 0.4) is 0 Å². The Morgan fingerprint density at radius 3 is 2.22 bits per heavy atom. The molecule has 0 bridgehead atoms. The summed E-state index contributed by atoms with van der Waals surface area (Å²) in [5.74, 6) is -1.53. The summed E-state index contributed by atoms with van der Waals surface area (Å²) in [7, 11) is 4.06. The number of carbonyl (C=O) groups is 3. The van der Waals surface area contributed by atoms with E-state index in [1.807, 2.05) is 30.3 Å². The molecule has 0 radical (unpaired) electrons. The average Bonchev–Trinajstić information content (AvgIpc) is 2.58. The van der Waals surface area contributed by atoms with E-state index in [1.54, 1.807) is 7.05 Å². The van der Waals surface area contributed by atoms with Gasteiger partial charge in [0.05, 0.1) is 26.7 Å². The van der Waals surface area contributed by atoms with Crippen molar-refractivity contribution in [3.05, 3.63) is 35.9 Å². The fraction of sp³-hybridized carbons (Fsp3) is 0.438. The first-order chi connectivity index (χ1) is 11.0. The number of likely N-dealkylation sites (N-methyl/N-ethyl adjacent to an activating group) is 1. The van der Waals surface area contributed by atoms with Crippen LogP contribution in [0.2, 0.25) is 0 Å². The van der Waals surface area contributed by atoms with Gasteiger partial charge in [0.1, 0.15) is 6.04 Å². The van der Waals surface area contributed by atoms with E-state index in [0.29, 0.717) is 6.42 Å². The lowest BCUT2D eigenvalue weighted by atomic mass is 10.1. The van der Waals surface area contributed by atoms with Crippen LogP contribution >= 0.6 is 0 Å². The lowest BCUT2D eigenvalue weighted by molar-refractivity contribution is -0.146. The van der Waals surface area contributed by atoms with Crippen LogP contribution in [-0.4, -0.2) is 51.2 Å². The van der Waals surface area contributed by atoms with E-state index in [9.17, 15) is 14.4 Å². The number of hydrogen-bond donors (Lipinski definition) is 2. The number of hydrogen-bond acceptors (Lipinski definition) is 6. The molecule has 2 N–H and O–H groups in total. The van der Waals surface area contributed by atoms with E-state index in [2.05, 4.69) is 15.4 Å². The van der Waals surface area contributed by atoms with E-state index < -0.39 is 29.9 Å². The topological polar surface area (TPSA) is 93.7 Å². The number of methoxy groups -OCH3 is 2. The summed E-state index contributed by atoms with van der Waals surface area (Å²) in [6.07, 6.45) is 0.173. The summed E-state index contributed by atoms with van der Waals surface area (Å²) in [6.45, 7) is 0. The molecule has 1 amide bonds. The van der Waals surface area contributed by atoms with Gasteiger partial charge in [-0.05, 0) is 12.6 Å². The molecule has 0 saturated heterocycles. The van der Waals surface area contributed by atoms with Gasteiger partial charge >= 0.3 is 11.9 Å². The van der Waals surface area contributed by atoms with E-state index in [0.717, 1.165) is 5.56 Å². The number of carbonyl (C=O) groups excluding carboxylic acids is 3. The molecule has 7 nitrogen and oxygen atoms in total. The quantitative estimate of drug-likeness (QED) is 0.656. The summed E-state index contributed by atoms with van der Waals surface area (Å²) in [4.78, 5) is 35.5. The predicted octanol–water partition coefficient (Wildman–Crippen LogP) is 0.0380. The monoisotopic (exact) mass is 322 g/mol. The smallest absolute Gasteiger partial charge is 0.328 e. The number of rotatable bonds is 8. The van der Waals surface area contributed by atoms with Crippen molar-refractivity contribution in [1.82, 2.24) is 10.6 Å². The molecule has 0 aliphatic carbocycles. The zero-order chi connectivity index (χ0) is 17.2. The number of benzene rings is 1. The van der Waals surface area contributed by atoms with Gasteiger partial charge in [-0.15, -0.1) is 0 Å². The van der Waals surface area contributed by atoms with Crippen molar-refractivity contribution in [2.75, 3.05) is 21.3 Å². The van der Waals surface area contributed by atoms with E-state index >= 15 is 0 Å². The van der Waals surface area contributed by atoms with Gasteiger partial charge in [-0.1, -0.05) is 30.3 Å². The lowest BCUT2D eigenvalue weighted by Crippen LogP contribution is -2.51. The van der Waals surface area contributed by atoms with E-state index in [1.165, 1.54) is 14.2 Å². The second kappa shape index (κ2) is 9.58. The van der Waals surface area contributed by atoms with Gasteiger partial charge in [-0.2, -0.15) is 0 Å². The lowest BCUT2D eigenvalue weighted by Gasteiger charge is -2.20. The largest absolute Gasteiger partial charge is 0.469 e. The minimum Gasteiger partial charge on any atom is -0.469 e. The number of esters is 2. The molecule has 7 heteroatoms. The third-order valence-electron chi connectivity index (χ3n) is 3.35. The highest BCUT2D eigenvalue weighted by atomic mass is 16.5. The number of amides is 1. The van der Waals surface area contributed by atoms with Gasteiger partial charge in [0.2, 0.25) is 5.91 Å². The van der Waals surface area contributed by atoms with Crippen molar-refractivity contribution in [2.45, 2.75) is 24.9 Å². The molecule has 1 aromatic carbocycles. The zero-order valence-corrected chi connectivity index (χ0v) is 13.5. The van der Waals surface area contributed by atoms with Crippen LogP contribution < -0.4 is 10.6 Å². The highest BCUT2D eigenvalue weighted by Crippen LogP contribution is 2.05. The molecule has 1 aromatic rings. The first-order valence-electron chi connectivity index (χ1n) is 7.18. The van der Waals surface area contributed by atoms with Crippen LogP contribution in [0.1, 0.15) is 12.0 Å². The molecule has 0 unspecified atom stereocenters. The zero-order valence-electron chi connectivity index (χ0n) is 13.5. The fourth-order valence-corrected chi connectivity index (χ4v) is 2.03. The fourth-order valence-electron chi connectivity index (χ4n) is 2.03. The summed E-state index contributed by atoms with van der Waals surface area (Å²) in [5.41, 5.74) is 0.886. The van der Waals surface area contributed by atoms with Crippen LogP contribution in [-0.2, 0) is 30.3 Å². The maximum atomic E-state index is 12.3. The molecule has 0 aliphatic heterocycles. The summed E-state index contributed by atoms with van der Waals surface area (Å²) >= 11 is 0. The average molecular weight is 322 g/mol. The first-order valence-corrected chi connectivity index (χ1v) is 7.18. The van der Waals surface area contributed by atoms with Crippen molar-refractivity contribution in [1.29, 1.82) is 0 Å². The number of ether oxygens (including phenoxy) is 2. The van der Waals surface area contributed by atoms with Crippen molar-refractivity contribution >= 4 is 17.8 Å². The van der Waals surface area contributed by atoms with Crippen LogP contribution in [0.25, 0.3) is 0 Å². The molecule has 2 atom stereocenters. The van der Waals surface area contributed by atoms with Gasteiger partial charge in [0, 0.05) is 6.42 Å². The Hall–Kier alpha value is -2.41. The van der Waals surface area contributed by atoms with Crippen molar-refractivity contribution < 1.29 is 23.9 Å². The second-order valence-electron chi connectivity index (χ2n) is 4.90. The molecule has 0 aromatic heterocycles. The maximum Gasteiger partial charge on any atom is 0.328 e. The van der Waals surface area contributed by atoms with Crippen LogP contribution in [0.15, 0.2) is 30.3 Å². The Bertz CT molecular complexity index is 533. The normalized spacial score (nSPS) is 12.8. The Morgan fingerprint density at radius 2 is 1.70 bits per heavy atom. The molecular weight excluding hydrogens is 300 g/mol. The van der Waals surface area contributed by atoms with Crippen molar-refractivity contribution in [2.24, 2.45) is 0 Å². The van der Waals surface area contributed by atoms with Crippen LogP contribution in [0.4, 0.5) is 0 Å². The summed E-state index contributed by atoms with van der Waals surface area (Å²) in [5, 5.41) is 5.34. The second-order valence-corrected chi connectivity index (χ2v) is 4.90. The Kier molecular flexibility index (Phi) is 7.76. The Balaban J connectivity index is 2.77. The summed E-state index contributed by atoms with van der Waals surface area (Å²) in [6, 6.07) is 7.65. The standard InChI is InChI=1S/C16H22N2O5/c1-17-12(10-14(19)22-2)15(20)18-13(16(21)23-3)9-11-7-5-4-6-8-11/h4-8,12-13,17H,9-10H2,1-3H3,(H,18,20)/t12-,13-/m0/s1. The Morgan fingerprint density at radius 1 is 1.04 bits per heavy atom. The third kappa shape index (κ3) is 6.07. The van der Waals surface area contributed by atoms with Crippen LogP contribution in [0.5, 0.6) is 0 Å². The molecule has 0 aliphatic rings. The third-order valence-corrected chi connectivity index (χ3v) is 3.35. The highest BCUT2D eigenvalue weighted by molar-refractivity contribution is 5.90. The maximum absolute atomic E-state index is 12.3. The Labute approximate surface area is 135 Å². The van der Waals surface area contributed by atoms with Gasteiger partial charge < -0.3 is 20.1 Å². The van der Waals surface area contributed by atoms with Crippen molar-refractivity contribution in [3.63, 3.8) is 0 Å². The molecule has 0 heterocycles. The highest BCUT2D eigenvalue weighted by Gasteiger charge is 2.27. The van der Waals surface area contributed by atoms with Gasteiger partial charge in [-0.3, -0.25) is 9.59 Å². The van der Waals surface area contributed by atoms with Gasteiger partial charge in [-0.25, -0.2) is 4.79 Å². The predicted molar refractivity (Wildman–Crippen MR) is 83.6 cm³/mol. The minimum absolute atomic E-state index is 0.127. The minimum atomic E-state index is -0.830. The first kappa shape index (κ1) is 18.6. The van der Waals surface area contributed by atoms with Gasteiger partial charge in [0.15, 0.2) is 0 Å². The van der Waals surface area contributed by atoms with E-state index in [-0.39, 0.29) is 6.42 Å². The molecule has 0 spiro atoms. The molecule has 0 saturated carbocycles. The molecule has 0 fully saturated rings. The SMILES string of the molecule is CN[C@@H](CC(=O)OC)C(=O)N[C@@H](Cc1ccccc1)C(=O)OC.